The van der Waals surface area contributed by atoms with Crippen LogP contribution in [0.15, 0.2) is 71.3 Å². The molecule has 0 radical (unpaired) electrons. The summed E-state index contributed by atoms with van der Waals surface area (Å²) >= 11 is 0. The van der Waals surface area contributed by atoms with Crippen LogP contribution in [0.4, 0.5) is 5.69 Å². The minimum atomic E-state index is -0.241. The van der Waals surface area contributed by atoms with E-state index >= 15 is 0 Å². The van der Waals surface area contributed by atoms with Crippen molar-refractivity contribution in [3.8, 4) is 17.2 Å². The molecule has 0 atom stereocenters. The first-order chi connectivity index (χ1) is 13.2. The van der Waals surface area contributed by atoms with E-state index < -0.39 is 0 Å². The molecule has 0 aliphatic carbocycles. The average molecular weight is 359 g/mol. The molecule has 6 heteroatoms. The van der Waals surface area contributed by atoms with Gasteiger partial charge in [0, 0.05) is 17.4 Å². The van der Waals surface area contributed by atoms with Crippen LogP contribution in [0.1, 0.15) is 5.56 Å². The number of benzene rings is 2. The van der Waals surface area contributed by atoms with Gasteiger partial charge in [-0.25, -0.2) is 4.98 Å². The Labute approximate surface area is 155 Å². The maximum atomic E-state index is 12.2. The second-order valence-corrected chi connectivity index (χ2v) is 6.03. The molecule has 2 aromatic carbocycles. The van der Waals surface area contributed by atoms with Crippen molar-refractivity contribution in [2.45, 2.75) is 6.92 Å². The van der Waals surface area contributed by atoms with Crippen molar-refractivity contribution < 1.29 is 13.9 Å². The number of amides is 1. The summed E-state index contributed by atoms with van der Waals surface area (Å²) in [7, 11) is 0. The van der Waals surface area contributed by atoms with Gasteiger partial charge in [0.2, 0.25) is 5.89 Å². The Balaban J connectivity index is 1.46. The number of aromatic nitrogens is 2. The Bertz CT molecular complexity index is 1070. The maximum absolute atomic E-state index is 12.2. The fraction of sp³-hybridized carbons (Fsp3) is 0.0952. The predicted molar refractivity (Wildman–Crippen MR) is 103 cm³/mol. The first-order valence-corrected chi connectivity index (χ1v) is 8.49. The van der Waals surface area contributed by atoms with E-state index in [2.05, 4.69) is 15.3 Å². The van der Waals surface area contributed by atoms with Crippen LogP contribution in [-0.4, -0.2) is 22.5 Å². The monoisotopic (exact) mass is 359 g/mol. The zero-order chi connectivity index (χ0) is 18.6. The fourth-order valence-electron chi connectivity index (χ4n) is 2.68. The number of nitrogens with zero attached hydrogens (tertiary/aromatic N) is 2. The SMILES string of the molecule is Cc1ccccc1OCC(=O)Nc1cccc(-c2nc3ncccc3o2)c1. The highest BCUT2D eigenvalue weighted by atomic mass is 16.5. The molecule has 0 saturated heterocycles. The number of rotatable bonds is 5. The normalized spacial score (nSPS) is 10.7. The van der Waals surface area contributed by atoms with Gasteiger partial charge in [0.05, 0.1) is 0 Å². The molecule has 134 valence electrons. The molecular weight excluding hydrogens is 342 g/mol. The van der Waals surface area contributed by atoms with Gasteiger partial charge < -0.3 is 14.5 Å². The summed E-state index contributed by atoms with van der Waals surface area (Å²) in [5.41, 5.74) is 3.55. The number of carbonyl (C=O) groups excluding carboxylic acids is 1. The van der Waals surface area contributed by atoms with Gasteiger partial charge in [-0.05, 0) is 48.9 Å². The molecule has 6 nitrogen and oxygen atoms in total. The van der Waals surface area contributed by atoms with E-state index in [0.29, 0.717) is 28.6 Å². The van der Waals surface area contributed by atoms with Gasteiger partial charge in [-0.2, -0.15) is 4.98 Å². The number of fused-ring (bicyclic) bond motifs is 1. The van der Waals surface area contributed by atoms with Gasteiger partial charge in [-0.1, -0.05) is 24.3 Å². The smallest absolute Gasteiger partial charge is 0.262 e. The first kappa shape index (κ1) is 16.8. The second-order valence-electron chi connectivity index (χ2n) is 6.03. The standard InChI is InChI=1S/C21H17N3O3/c1-14-6-2-3-9-17(14)26-13-19(25)23-16-8-4-7-15(12-16)21-24-20-18(27-21)10-5-11-22-20/h2-12H,13H2,1H3,(H,23,25). The molecule has 0 spiro atoms. The van der Waals surface area contributed by atoms with Gasteiger partial charge in [0.15, 0.2) is 17.8 Å². The highest BCUT2D eigenvalue weighted by Crippen LogP contribution is 2.25. The van der Waals surface area contributed by atoms with Crippen molar-refractivity contribution in [1.29, 1.82) is 0 Å². The number of oxazole rings is 1. The fourth-order valence-corrected chi connectivity index (χ4v) is 2.68. The summed E-state index contributed by atoms with van der Waals surface area (Å²) in [5.74, 6) is 0.908. The van der Waals surface area contributed by atoms with Gasteiger partial charge >= 0.3 is 0 Å². The molecule has 2 heterocycles. The number of hydrogen-bond donors (Lipinski definition) is 1. The van der Waals surface area contributed by atoms with Crippen molar-refractivity contribution in [2.75, 3.05) is 11.9 Å². The van der Waals surface area contributed by atoms with E-state index in [4.69, 9.17) is 9.15 Å². The lowest BCUT2D eigenvalue weighted by Crippen LogP contribution is -2.20. The molecule has 0 unspecified atom stereocenters. The molecule has 0 aliphatic heterocycles. The molecule has 0 saturated carbocycles. The summed E-state index contributed by atoms with van der Waals surface area (Å²) in [6.45, 7) is 1.87. The number of anilines is 1. The molecule has 0 bridgehead atoms. The molecule has 0 fully saturated rings. The molecule has 4 aromatic rings. The van der Waals surface area contributed by atoms with Crippen molar-refractivity contribution in [3.05, 3.63) is 72.4 Å². The molecule has 2 aromatic heterocycles. The Kier molecular flexibility index (Phi) is 4.53. The lowest BCUT2D eigenvalue weighted by molar-refractivity contribution is -0.118. The van der Waals surface area contributed by atoms with Crippen LogP contribution >= 0.6 is 0 Å². The summed E-state index contributed by atoms with van der Waals surface area (Å²) in [6, 6.07) is 18.5. The number of pyridine rings is 1. The lowest BCUT2D eigenvalue weighted by Gasteiger charge is -2.09. The minimum absolute atomic E-state index is 0.0676. The number of ether oxygens (including phenoxy) is 1. The number of hydrogen-bond acceptors (Lipinski definition) is 5. The molecule has 27 heavy (non-hydrogen) atoms. The lowest BCUT2D eigenvalue weighted by atomic mass is 10.2. The third-order valence-electron chi connectivity index (χ3n) is 4.01. The zero-order valence-electron chi connectivity index (χ0n) is 14.7. The molecular formula is C21H17N3O3. The second kappa shape index (κ2) is 7.29. The average Bonchev–Trinajstić information content (AvgIpc) is 3.12. The summed E-state index contributed by atoms with van der Waals surface area (Å²) in [4.78, 5) is 20.7. The van der Waals surface area contributed by atoms with Crippen LogP contribution in [0, 0.1) is 6.92 Å². The van der Waals surface area contributed by atoms with Gasteiger partial charge in [0.25, 0.3) is 5.91 Å². The van der Waals surface area contributed by atoms with E-state index in [1.165, 1.54) is 0 Å². The van der Waals surface area contributed by atoms with Crippen molar-refractivity contribution >= 4 is 22.8 Å². The summed E-state index contributed by atoms with van der Waals surface area (Å²) in [6.07, 6.45) is 1.67. The third-order valence-corrected chi connectivity index (χ3v) is 4.01. The van der Waals surface area contributed by atoms with E-state index in [9.17, 15) is 4.79 Å². The van der Waals surface area contributed by atoms with E-state index in [-0.39, 0.29) is 12.5 Å². The van der Waals surface area contributed by atoms with Gasteiger partial charge in [-0.15, -0.1) is 0 Å². The quantitative estimate of drug-likeness (QED) is 0.577. The largest absolute Gasteiger partial charge is 0.483 e. The Morgan fingerprint density at radius 1 is 1.11 bits per heavy atom. The van der Waals surface area contributed by atoms with E-state index in [1.807, 2.05) is 49.4 Å². The number of nitrogens with one attached hydrogen (secondary N) is 1. The highest BCUT2D eigenvalue weighted by Gasteiger charge is 2.10. The van der Waals surface area contributed by atoms with Crippen LogP contribution < -0.4 is 10.1 Å². The van der Waals surface area contributed by atoms with Crippen molar-refractivity contribution in [1.82, 2.24) is 9.97 Å². The minimum Gasteiger partial charge on any atom is -0.483 e. The first-order valence-electron chi connectivity index (χ1n) is 8.49. The molecule has 1 N–H and O–H groups in total. The van der Waals surface area contributed by atoms with E-state index in [0.717, 1.165) is 11.1 Å². The Morgan fingerprint density at radius 3 is 2.85 bits per heavy atom. The van der Waals surface area contributed by atoms with Crippen LogP contribution in [0.2, 0.25) is 0 Å². The molecule has 0 aliphatic rings. The Morgan fingerprint density at radius 2 is 2.00 bits per heavy atom. The number of para-hydroxylation sites is 1. The number of carbonyl (C=O) groups is 1. The predicted octanol–water partition coefficient (Wildman–Crippen LogP) is 4.22. The Hall–Kier alpha value is -3.67. The highest BCUT2D eigenvalue weighted by molar-refractivity contribution is 5.92. The zero-order valence-corrected chi connectivity index (χ0v) is 14.7. The van der Waals surface area contributed by atoms with Crippen LogP contribution in [0.5, 0.6) is 5.75 Å². The maximum Gasteiger partial charge on any atom is 0.262 e. The molecule has 4 rings (SSSR count). The van der Waals surface area contributed by atoms with Crippen LogP contribution in [0.3, 0.4) is 0 Å². The van der Waals surface area contributed by atoms with Crippen LogP contribution in [-0.2, 0) is 4.79 Å². The topological polar surface area (TPSA) is 77.2 Å². The van der Waals surface area contributed by atoms with Gasteiger partial charge in [0.1, 0.15) is 5.75 Å². The van der Waals surface area contributed by atoms with Crippen molar-refractivity contribution in [3.63, 3.8) is 0 Å². The van der Waals surface area contributed by atoms with Crippen molar-refractivity contribution in [2.24, 2.45) is 0 Å². The van der Waals surface area contributed by atoms with Crippen LogP contribution in [0.25, 0.3) is 22.7 Å². The van der Waals surface area contributed by atoms with Gasteiger partial charge in [-0.3, -0.25) is 4.79 Å². The summed E-state index contributed by atoms with van der Waals surface area (Å²) in [5, 5.41) is 2.83. The third kappa shape index (κ3) is 3.79. The van der Waals surface area contributed by atoms with E-state index in [1.54, 1.807) is 24.4 Å². The molecule has 1 amide bonds. The summed E-state index contributed by atoms with van der Waals surface area (Å²) < 4.78 is 11.3. The number of aryl methyl sites for hydroxylation is 1.